The van der Waals surface area contributed by atoms with Crippen LogP contribution in [0.2, 0.25) is 0 Å². The average molecular weight is 659 g/mol. The molecule has 0 bridgehead atoms. The quantitative estimate of drug-likeness (QED) is 0.180. The van der Waals surface area contributed by atoms with Gasteiger partial charge in [-0.1, -0.05) is 158 Å². The molecule has 0 radical (unpaired) electrons. The zero-order valence-electron chi connectivity index (χ0n) is 28.2. The molecule has 1 heterocycles. The highest BCUT2D eigenvalue weighted by atomic mass is 16.5. The maximum Gasteiger partial charge on any atom is 0.135 e. The number of hydrogen-bond acceptors (Lipinski definition) is 1. The predicted octanol–water partition coefficient (Wildman–Crippen LogP) is 13.4. The van der Waals surface area contributed by atoms with E-state index in [0.29, 0.717) is 0 Å². The first kappa shape index (κ1) is 28.0. The lowest BCUT2D eigenvalue weighted by Crippen LogP contribution is -2.25. The molecular formula is C51H30O. The second-order valence-corrected chi connectivity index (χ2v) is 14.3. The van der Waals surface area contributed by atoms with Crippen LogP contribution < -0.4 is 4.74 Å². The monoisotopic (exact) mass is 658 g/mol. The minimum atomic E-state index is -0.438. The van der Waals surface area contributed by atoms with E-state index in [1.807, 2.05) is 0 Å². The fraction of sp³-hybridized carbons (Fsp3) is 0.0196. The second-order valence-electron chi connectivity index (χ2n) is 14.3. The zero-order valence-corrected chi connectivity index (χ0v) is 28.2. The number of benzene rings is 9. The maximum atomic E-state index is 6.49. The second kappa shape index (κ2) is 10.2. The van der Waals surface area contributed by atoms with Gasteiger partial charge in [0.15, 0.2) is 0 Å². The molecule has 9 aromatic carbocycles. The van der Waals surface area contributed by atoms with Gasteiger partial charge in [0.05, 0.1) is 5.41 Å². The van der Waals surface area contributed by atoms with Gasteiger partial charge in [0, 0.05) is 10.9 Å². The van der Waals surface area contributed by atoms with Crippen molar-refractivity contribution in [2.75, 3.05) is 0 Å². The summed E-state index contributed by atoms with van der Waals surface area (Å²) in [6, 6.07) is 67.3. The Morgan fingerprint density at radius 3 is 1.83 bits per heavy atom. The molecule has 1 heteroatoms. The fourth-order valence-corrected chi connectivity index (χ4v) is 9.79. The van der Waals surface area contributed by atoms with Crippen molar-refractivity contribution < 1.29 is 4.74 Å². The van der Waals surface area contributed by atoms with Crippen molar-refractivity contribution in [3.63, 3.8) is 0 Å². The smallest absolute Gasteiger partial charge is 0.135 e. The normalized spacial score (nSPS) is 13.7. The van der Waals surface area contributed by atoms with Crippen LogP contribution >= 0.6 is 0 Å². The van der Waals surface area contributed by atoms with Gasteiger partial charge in [0.2, 0.25) is 0 Å². The lowest BCUT2D eigenvalue weighted by Gasteiger charge is -2.31. The first-order valence-corrected chi connectivity index (χ1v) is 18.1. The Bertz CT molecular complexity index is 2940. The Morgan fingerprint density at radius 1 is 0.327 bits per heavy atom. The van der Waals surface area contributed by atoms with Crippen LogP contribution in [-0.2, 0) is 5.41 Å². The molecule has 0 aromatic heterocycles. The minimum absolute atomic E-state index is 0.438. The van der Waals surface area contributed by atoms with Crippen molar-refractivity contribution in [2.45, 2.75) is 5.41 Å². The first-order valence-electron chi connectivity index (χ1n) is 18.1. The van der Waals surface area contributed by atoms with Gasteiger partial charge >= 0.3 is 0 Å². The summed E-state index contributed by atoms with van der Waals surface area (Å²) in [4.78, 5) is 0. The Labute approximate surface area is 302 Å². The lowest BCUT2D eigenvalue weighted by molar-refractivity contribution is 0.487. The summed E-state index contributed by atoms with van der Waals surface area (Å²) >= 11 is 0. The van der Waals surface area contributed by atoms with Crippen LogP contribution in [0, 0.1) is 0 Å². The summed E-state index contributed by atoms with van der Waals surface area (Å²) in [6.45, 7) is 0. The highest BCUT2D eigenvalue weighted by molar-refractivity contribution is 6.11. The number of rotatable bonds is 2. The highest BCUT2D eigenvalue weighted by Crippen LogP contribution is 2.64. The largest absolute Gasteiger partial charge is 0.456 e. The van der Waals surface area contributed by atoms with Crippen molar-refractivity contribution in [2.24, 2.45) is 0 Å². The van der Waals surface area contributed by atoms with Gasteiger partial charge in [-0.3, -0.25) is 0 Å². The molecular weight excluding hydrogens is 629 g/mol. The van der Waals surface area contributed by atoms with E-state index in [1.165, 1.54) is 93.9 Å². The Hall–Kier alpha value is -6.70. The van der Waals surface area contributed by atoms with Crippen LogP contribution in [0.1, 0.15) is 22.3 Å². The fourth-order valence-electron chi connectivity index (χ4n) is 9.79. The number of fused-ring (bicyclic) bond motifs is 14. The molecule has 52 heavy (non-hydrogen) atoms. The van der Waals surface area contributed by atoms with Crippen LogP contribution in [0.3, 0.4) is 0 Å². The molecule has 0 fully saturated rings. The summed E-state index contributed by atoms with van der Waals surface area (Å²) in [7, 11) is 0. The van der Waals surface area contributed by atoms with E-state index < -0.39 is 5.41 Å². The van der Waals surface area contributed by atoms with E-state index in [-0.39, 0.29) is 0 Å². The maximum absolute atomic E-state index is 6.49. The molecule has 0 atom stereocenters. The summed E-state index contributed by atoms with van der Waals surface area (Å²) in [5.41, 5.74) is 17.5. The van der Waals surface area contributed by atoms with Crippen LogP contribution in [0.4, 0.5) is 0 Å². The van der Waals surface area contributed by atoms with Gasteiger partial charge in [0.1, 0.15) is 11.5 Å². The van der Waals surface area contributed by atoms with Gasteiger partial charge in [-0.2, -0.15) is 0 Å². The van der Waals surface area contributed by atoms with Gasteiger partial charge in [0.25, 0.3) is 0 Å². The molecule has 1 nitrogen and oxygen atoms in total. The third-order valence-corrected chi connectivity index (χ3v) is 11.9. The lowest BCUT2D eigenvalue weighted by atomic mass is 9.70. The molecule has 240 valence electrons. The van der Waals surface area contributed by atoms with Crippen LogP contribution in [0.5, 0.6) is 11.5 Å². The van der Waals surface area contributed by atoms with Crippen molar-refractivity contribution in [3.05, 3.63) is 204 Å². The molecule has 0 amide bonds. The van der Waals surface area contributed by atoms with Crippen LogP contribution in [0.15, 0.2) is 182 Å². The number of hydrogen-bond donors (Lipinski definition) is 0. The Kier molecular flexibility index (Phi) is 5.49. The summed E-state index contributed by atoms with van der Waals surface area (Å²) in [6.07, 6.45) is 0. The molecule has 0 unspecified atom stereocenters. The minimum Gasteiger partial charge on any atom is -0.456 e. The Balaban J connectivity index is 1.14. The van der Waals surface area contributed by atoms with Gasteiger partial charge in [-0.25, -0.2) is 0 Å². The van der Waals surface area contributed by atoms with Crippen molar-refractivity contribution in [1.82, 2.24) is 0 Å². The third-order valence-electron chi connectivity index (χ3n) is 11.9. The van der Waals surface area contributed by atoms with Gasteiger partial charge in [-0.15, -0.1) is 0 Å². The van der Waals surface area contributed by atoms with Crippen molar-refractivity contribution >= 4 is 21.5 Å². The highest BCUT2D eigenvalue weighted by Gasteiger charge is 2.52. The van der Waals surface area contributed by atoms with Crippen LogP contribution in [0.25, 0.3) is 77.2 Å². The molecule has 0 N–H and O–H groups in total. The molecule has 2 aliphatic carbocycles. The van der Waals surface area contributed by atoms with Crippen molar-refractivity contribution in [3.8, 4) is 67.1 Å². The average Bonchev–Trinajstić information content (AvgIpc) is 3.68. The first-order chi connectivity index (χ1) is 25.8. The SMILES string of the molecule is c1ccc(-c2cccc3c4c(ccc23)C2(c3ccccc3-c3ccccc32)c2cc(-c3ccc5c(c3)-c3cccc6cccc(c36)O5)ccc2-4)cc1. The van der Waals surface area contributed by atoms with Gasteiger partial charge < -0.3 is 4.74 Å². The number of ether oxygens (including phenoxy) is 1. The summed E-state index contributed by atoms with van der Waals surface area (Å²) in [5.74, 6) is 1.83. The summed E-state index contributed by atoms with van der Waals surface area (Å²) < 4.78 is 6.49. The van der Waals surface area contributed by atoms with E-state index >= 15 is 0 Å². The Morgan fingerprint density at radius 2 is 1.00 bits per heavy atom. The molecule has 1 aliphatic heterocycles. The molecule has 3 aliphatic rings. The van der Waals surface area contributed by atoms with Crippen molar-refractivity contribution in [1.29, 1.82) is 0 Å². The zero-order chi connectivity index (χ0) is 34.0. The molecule has 0 saturated heterocycles. The van der Waals surface area contributed by atoms with Gasteiger partial charge in [-0.05, 0) is 113 Å². The topological polar surface area (TPSA) is 9.23 Å². The van der Waals surface area contributed by atoms with E-state index in [9.17, 15) is 0 Å². The molecule has 9 aromatic rings. The molecule has 12 rings (SSSR count). The van der Waals surface area contributed by atoms with E-state index in [0.717, 1.165) is 17.1 Å². The molecule has 0 saturated carbocycles. The standard InChI is InChI=1S/C51H30O/c1-2-11-31(12-3-1)35-17-10-19-39-36(35)26-27-45-50(39)41-25-23-34(30-46(41)51(45)43-20-6-4-15-37(43)38-16-5-7-21-44(38)51)33-24-28-47-42(29-33)40-18-8-13-32-14-9-22-48(52-47)49(32)40/h1-30H. The van der Waals surface area contributed by atoms with E-state index in [4.69, 9.17) is 4.74 Å². The molecule has 1 spiro atoms. The van der Waals surface area contributed by atoms with E-state index in [2.05, 4.69) is 182 Å². The summed E-state index contributed by atoms with van der Waals surface area (Å²) in [5, 5.41) is 4.95. The van der Waals surface area contributed by atoms with Crippen LogP contribution in [-0.4, -0.2) is 0 Å². The van der Waals surface area contributed by atoms with E-state index in [1.54, 1.807) is 0 Å². The third kappa shape index (κ3) is 3.52. The predicted molar refractivity (Wildman–Crippen MR) is 214 cm³/mol.